The molecule has 38 heavy (non-hydrogen) atoms. The van der Waals surface area contributed by atoms with Gasteiger partial charge in [0.25, 0.3) is 0 Å². The zero-order valence-electron chi connectivity index (χ0n) is 21.8. The fourth-order valence-electron chi connectivity index (χ4n) is 4.35. The van der Waals surface area contributed by atoms with Crippen molar-refractivity contribution >= 4 is 55.7 Å². The van der Waals surface area contributed by atoms with Crippen molar-refractivity contribution in [2.45, 2.75) is 13.8 Å². The molecule has 1 aliphatic heterocycles. The summed E-state index contributed by atoms with van der Waals surface area (Å²) in [5.41, 5.74) is 6.74. The number of hydrogen-bond donors (Lipinski definition) is 0. The maximum absolute atomic E-state index is 4.43. The molecule has 1 aliphatic rings. The van der Waals surface area contributed by atoms with Gasteiger partial charge in [-0.2, -0.15) is 0 Å². The largest absolute Gasteiger partial charge is 1.00 e. The summed E-state index contributed by atoms with van der Waals surface area (Å²) in [5.74, 6) is 0. The lowest BCUT2D eigenvalue weighted by atomic mass is 10.1. The lowest BCUT2D eigenvalue weighted by Crippen LogP contribution is -3.00. The van der Waals surface area contributed by atoms with Gasteiger partial charge in [0.1, 0.15) is 23.8 Å². The Bertz CT molecular complexity index is 1320. The Morgan fingerprint density at radius 3 is 1.34 bits per heavy atom. The molecule has 5 rings (SSSR count). The molecule has 2 aromatic heterocycles. The average molecular weight is 679 g/mol. The third-order valence-electron chi connectivity index (χ3n) is 6.34. The number of halogens is 2. The number of rotatable bonds is 6. The molecule has 200 valence electrons. The molecule has 0 amide bonds. The van der Waals surface area contributed by atoms with E-state index >= 15 is 0 Å². The molecule has 0 saturated carbocycles. The summed E-state index contributed by atoms with van der Waals surface area (Å²) in [6.45, 7) is 8.20. The van der Waals surface area contributed by atoms with Crippen molar-refractivity contribution < 1.29 is 43.1 Å². The smallest absolute Gasteiger partial charge is 0.408 e. The van der Waals surface area contributed by atoms with Crippen LogP contribution in [0.1, 0.15) is 11.1 Å². The molecule has 1 saturated heterocycles. The lowest BCUT2D eigenvalue weighted by molar-refractivity contribution is -0.654. The van der Waals surface area contributed by atoms with E-state index in [4.69, 9.17) is 0 Å². The molecule has 0 unspecified atom stereocenters. The van der Waals surface area contributed by atoms with Gasteiger partial charge in [-0.1, -0.05) is 0 Å². The monoisotopic (exact) mass is 676 g/mol. The van der Waals surface area contributed by atoms with Crippen molar-refractivity contribution in [3.63, 3.8) is 0 Å². The van der Waals surface area contributed by atoms with Crippen LogP contribution >= 0.6 is 22.7 Å². The predicted octanol–water partition coefficient (Wildman–Crippen LogP) is 0.241. The van der Waals surface area contributed by atoms with Gasteiger partial charge >= 0.3 is 10.3 Å². The summed E-state index contributed by atoms with van der Waals surface area (Å²) in [7, 11) is 3.96. The van der Waals surface area contributed by atoms with Crippen molar-refractivity contribution in [1.29, 1.82) is 0 Å². The van der Waals surface area contributed by atoms with E-state index < -0.39 is 0 Å². The number of hydrogen-bond acceptors (Lipinski definition) is 8. The Kier molecular flexibility index (Phi) is 10.7. The third kappa shape index (κ3) is 6.90. The molecule has 0 bridgehead atoms. The Morgan fingerprint density at radius 2 is 1.03 bits per heavy atom. The van der Waals surface area contributed by atoms with Crippen LogP contribution in [0.15, 0.2) is 80.0 Å². The quantitative estimate of drug-likeness (QED) is 0.217. The lowest BCUT2D eigenvalue weighted by Gasteiger charge is -2.38. The van der Waals surface area contributed by atoms with E-state index in [1.54, 1.807) is 22.7 Å². The van der Waals surface area contributed by atoms with Crippen LogP contribution in [0.5, 0.6) is 0 Å². The van der Waals surface area contributed by atoms with Crippen LogP contribution < -0.4 is 52.9 Å². The molecule has 4 aromatic rings. The van der Waals surface area contributed by atoms with Crippen LogP contribution in [0.3, 0.4) is 0 Å². The first-order valence-electron chi connectivity index (χ1n) is 11.9. The SMILES string of the molecule is Cc1cc(/N=N/c2scc[n+]2C)ccc1N1CCN(c2ccc(/N=N/c3scc[n+]3C)cc2C)CC1.[Br-].[Br-]. The van der Waals surface area contributed by atoms with Gasteiger partial charge in [0.2, 0.25) is 0 Å². The summed E-state index contributed by atoms with van der Waals surface area (Å²) in [6, 6.07) is 12.7. The fraction of sp³-hybridized carbons (Fsp3) is 0.308. The normalized spacial score (nSPS) is 13.7. The van der Waals surface area contributed by atoms with Crippen LogP contribution in [0.2, 0.25) is 0 Å². The van der Waals surface area contributed by atoms with Gasteiger partial charge in [0, 0.05) is 48.3 Å². The molecule has 0 atom stereocenters. The minimum Gasteiger partial charge on any atom is -1.00 e. The maximum atomic E-state index is 4.43. The van der Waals surface area contributed by atoms with Crippen molar-refractivity contribution in [2.75, 3.05) is 36.0 Å². The molecule has 0 aliphatic carbocycles. The van der Waals surface area contributed by atoms with Gasteiger partial charge in [-0.15, -0.1) is 0 Å². The van der Waals surface area contributed by atoms with E-state index in [1.165, 1.54) is 22.5 Å². The molecular weight excluding hydrogens is 648 g/mol. The molecule has 0 spiro atoms. The van der Waals surface area contributed by atoms with Gasteiger partial charge in [0.05, 0.1) is 24.3 Å². The predicted molar refractivity (Wildman–Crippen MR) is 146 cm³/mol. The molecular formula is C26H30Br2N8S2. The number of aromatic nitrogens is 2. The molecule has 12 heteroatoms. The highest BCUT2D eigenvalue weighted by Gasteiger charge is 2.20. The molecule has 8 nitrogen and oxygen atoms in total. The number of benzene rings is 2. The van der Waals surface area contributed by atoms with Gasteiger partial charge < -0.3 is 43.8 Å². The maximum Gasteiger partial charge on any atom is 0.408 e. The van der Waals surface area contributed by atoms with Gasteiger partial charge in [0.15, 0.2) is 0 Å². The second-order valence-corrected chi connectivity index (χ2v) is 10.7. The number of nitrogens with zero attached hydrogens (tertiary/aromatic N) is 8. The van der Waals surface area contributed by atoms with Crippen LogP contribution in [0.4, 0.5) is 33.0 Å². The first-order valence-corrected chi connectivity index (χ1v) is 13.6. The Hall–Kier alpha value is -2.54. The zero-order chi connectivity index (χ0) is 25.1. The molecule has 3 heterocycles. The topological polar surface area (TPSA) is 63.7 Å². The van der Waals surface area contributed by atoms with Crippen molar-refractivity contribution in [1.82, 2.24) is 0 Å². The zero-order valence-corrected chi connectivity index (χ0v) is 26.6. The Balaban J connectivity index is 0.00000200. The third-order valence-corrected chi connectivity index (χ3v) is 8.02. The highest BCUT2D eigenvalue weighted by atomic mass is 79.9. The van der Waals surface area contributed by atoms with Crippen molar-refractivity contribution in [3.05, 3.63) is 70.7 Å². The van der Waals surface area contributed by atoms with Gasteiger partial charge in [-0.05, 0) is 94.3 Å². The highest BCUT2D eigenvalue weighted by Crippen LogP contribution is 2.30. The summed E-state index contributed by atoms with van der Waals surface area (Å²) < 4.78 is 3.94. The van der Waals surface area contributed by atoms with Gasteiger partial charge in [-0.25, -0.2) is 9.13 Å². The van der Waals surface area contributed by atoms with Crippen molar-refractivity contribution in [3.8, 4) is 0 Å². The second kappa shape index (κ2) is 13.5. The minimum absolute atomic E-state index is 0. The highest BCUT2D eigenvalue weighted by molar-refractivity contribution is 7.13. The fourth-order valence-corrected chi connectivity index (χ4v) is 5.71. The number of anilines is 2. The standard InChI is InChI=1S/C26H30N8S2.2BrH/c1-19-17-21(27-29-25-31(3)13-15-35-25)5-7-23(19)33-9-11-34(12-10-33)24-8-6-22(18-20(24)2)28-30-26-32(4)14-16-36-26;;/h5-8,13-18H,9-12H2,1-4H3;2*1H/q+2;;/p-2. The van der Waals surface area contributed by atoms with Crippen molar-refractivity contribution in [2.24, 2.45) is 34.6 Å². The van der Waals surface area contributed by atoms with Crippen LogP contribution in [0.25, 0.3) is 0 Å². The van der Waals surface area contributed by atoms with E-state index in [2.05, 4.69) is 80.5 Å². The molecule has 0 N–H and O–H groups in total. The first-order chi connectivity index (χ1) is 17.5. The second-order valence-electron chi connectivity index (χ2n) is 8.91. The van der Waals surface area contributed by atoms with E-state index in [9.17, 15) is 0 Å². The summed E-state index contributed by atoms with van der Waals surface area (Å²) in [6.07, 6.45) is 3.97. The van der Waals surface area contributed by atoms with E-state index in [-0.39, 0.29) is 34.0 Å². The molecule has 2 aromatic carbocycles. The molecule has 0 radical (unpaired) electrons. The number of thiazole rings is 2. The van der Waals surface area contributed by atoms with Gasteiger partial charge in [-0.3, -0.25) is 0 Å². The Labute approximate surface area is 252 Å². The Morgan fingerprint density at radius 1 is 0.632 bits per heavy atom. The number of aryl methyl sites for hydroxylation is 4. The van der Waals surface area contributed by atoms with Crippen LogP contribution in [0, 0.1) is 13.8 Å². The first kappa shape index (κ1) is 30.0. The number of azo groups is 2. The van der Waals surface area contributed by atoms with Crippen LogP contribution in [-0.4, -0.2) is 26.2 Å². The molecule has 1 fully saturated rings. The van der Waals surface area contributed by atoms with Crippen LogP contribution in [-0.2, 0) is 14.1 Å². The summed E-state index contributed by atoms with van der Waals surface area (Å²) in [5, 5.41) is 23.4. The number of piperazine rings is 1. The van der Waals surface area contributed by atoms with E-state index in [1.807, 2.05) is 46.4 Å². The summed E-state index contributed by atoms with van der Waals surface area (Å²) >= 11 is 3.16. The summed E-state index contributed by atoms with van der Waals surface area (Å²) in [4.78, 5) is 4.93. The minimum atomic E-state index is 0. The average Bonchev–Trinajstić information content (AvgIpc) is 3.49. The van der Waals surface area contributed by atoms with E-state index in [0.29, 0.717) is 0 Å². The van der Waals surface area contributed by atoms with E-state index in [0.717, 1.165) is 47.8 Å².